The van der Waals surface area contributed by atoms with Gasteiger partial charge in [-0.25, -0.2) is 18.7 Å². The van der Waals surface area contributed by atoms with E-state index in [-0.39, 0.29) is 23.9 Å². The normalized spacial score (nSPS) is 12.1. The van der Waals surface area contributed by atoms with Crippen LogP contribution in [0.4, 0.5) is 26.1 Å². The van der Waals surface area contributed by atoms with Crippen molar-refractivity contribution in [2.75, 3.05) is 17.2 Å². The fraction of sp³-hybridized carbons (Fsp3) is 0.312. The second-order valence-corrected chi connectivity index (χ2v) is 7.35. The van der Waals surface area contributed by atoms with Crippen LogP contribution in [0.15, 0.2) is 27.3 Å². The number of hydrogen-bond acceptors (Lipinski definition) is 6. The Balaban J connectivity index is 2.26. The number of benzene rings is 1. The summed E-state index contributed by atoms with van der Waals surface area (Å²) in [6.07, 6.45) is -1.63. The quantitative estimate of drug-likeness (QED) is 0.434. The maximum Gasteiger partial charge on any atom is 0.271 e. The molecule has 6 N–H and O–H groups in total. The van der Waals surface area contributed by atoms with Crippen LogP contribution in [-0.2, 0) is 0 Å². The molecule has 146 valence electrons. The molecule has 1 aromatic carbocycles. The van der Waals surface area contributed by atoms with E-state index >= 15 is 0 Å². The zero-order valence-corrected chi connectivity index (χ0v) is 17.4. The van der Waals surface area contributed by atoms with Gasteiger partial charge in [0.15, 0.2) is 11.5 Å². The van der Waals surface area contributed by atoms with E-state index in [1.165, 1.54) is 6.20 Å². The van der Waals surface area contributed by atoms with Crippen LogP contribution in [0, 0.1) is 6.92 Å². The molecule has 0 saturated heterocycles. The van der Waals surface area contributed by atoms with Gasteiger partial charge in [-0.2, -0.15) is 0 Å². The Kier molecular flexibility index (Phi) is 7.45. The highest BCUT2D eigenvalue weighted by Gasteiger charge is 2.16. The van der Waals surface area contributed by atoms with Crippen molar-refractivity contribution in [1.29, 1.82) is 0 Å². The first-order valence-corrected chi connectivity index (χ1v) is 9.43. The van der Waals surface area contributed by atoms with Crippen LogP contribution in [0.2, 0.25) is 0 Å². The molecule has 0 bridgehead atoms. The van der Waals surface area contributed by atoms with E-state index < -0.39 is 24.8 Å². The molecule has 0 saturated carbocycles. The van der Waals surface area contributed by atoms with Crippen molar-refractivity contribution >= 4 is 55.1 Å². The summed E-state index contributed by atoms with van der Waals surface area (Å²) in [7, 11) is 0. The number of nitrogens with zero attached hydrogens (tertiary/aromatic N) is 2. The number of nitrogens with one attached hydrogen (secondary N) is 2. The van der Waals surface area contributed by atoms with E-state index in [1.807, 2.05) is 13.0 Å². The predicted octanol–water partition coefficient (Wildman–Crippen LogP) is 3.55. The number of aromatic nitrogens is 2. The third-order valence-corrected chi connectivity index (χ3v) is 5.94. The maximum atomic E-state index is 12.4. The standard InChI is InChI=1S/C16H18Br2F2N6O/c1-7-2-3-9(13(18)12(7)17)25-16-14(15(22)27)24-6-11(26-16)23-5-8(21)4-10(19)20/h2-3,6,8,10H,4-5,21H2,1H3,(H2,22,27)(H2,23,25,26)/t8-/m0/s1. The van der Waals surface area contributed by atoms with Crippen molar-refractivity contribution in [2.45, 2.75) is 25.8 Å². The fourth-order valence-corrected chi connectivity index (χ4v) is 3.05. The molecule has 0 spiro atoms. The molecule has 1 heterocycles. The number of primary amides is 1. The third-order valence-electron chi connectivity index (χ3n) is 3.56. The van der Waals surface area contributed by atoms with E-state index in [9.17, 15) is 13.6 Å². The van der Waals surface area contributed by atoms with E-state index in [0.29, 0.717) is 5.69 Å². The molecule has 2 aromatic rings. The zero-order valence-electron chi connectivity index (χ0n) is 14.3. The summed E-state index contributed by atoms with van der Waals surface area (Å²) in [5.74, 6) is -0.353. The van der Waals surface area contributed by atoms with Crippen molar-refractivity contribution in [3.8, 4) is 0 Å². The summed E-state index contributed by atoms with van der Waals surface area (Å²) in [5.41, 5.74) is 12.6. The van der Waals surface area contributed by atoms with Gasteiger partial charge >= 0.3 is 0 Å². The molecule has 0 aliphatic carbocycles. The molecule has 0 unspecified atom stereocenters. The lowest BCUT2D eigenvalue weighted by molar-refractivity contribution is 0.0996. The Bertz CT molecular complexity index is 837. The molecule has 0 fully saturated rings. The summed E-state index contributed by atoms with van der Waals surface area (Å²) >= 11 is 6.93. The Labute approximate surface area is 171 Å². The molecule has 11 heteroatoms. The first-order chi connectivity index (χ1) is 12.7. The zero-order chi connectivity index (χ0) is 20.1. The van der Waals surface area contributed by atoms with Crippen LogP contribution < -0.4 is 22.1 Å². The number of rotatable bonds is 8. The van der Waals surface area contributed by atoms with Gasteiger partial charge in [-0.1, -0.05) is 6.07 Å². The Morgan fingerprint density at radius 1 is 1.30 bits per heavy atom. The van der Waals surface area contributed by atoms with Crippen molar-refractivity contribution in [3.63, 3.8) is 0 Å². The summed E-state index contributed by atoms with van der Waals surface area (Å²) in [6.45, 7) is 2.01. The first-order valence-electron chi connectivity index (χ1n) is 7.85. The molecule has 7 nitrogen and oxygen atoms in total. The molecule has 0 aliphatic heterocycles. The van der Waals surface area contributed by atoms with Crippen LogP contribution in [-0.4, -0.2) is 34.9 Å². The minimum absolute atomic E-state index is 0.0546. The van der Waals surface area contributed by atoms with Crippen LogP contribution in [0.3, 0.4) is 0 Å². The van der Waals surface area contributed by atoms with E-state index in [0.717, 1.165) is 14.5 Å². The number of aryl methyl sites for hydroxylation is 1. The Hall–Kier alpha value is -1.85. The molecule has 1 aromatic heterocycles. The summed E-state index contributed by atoms with van der Waals surface area (Å²) < 4.78 is 26.3. The number of nitrogens with two attached hydrogens (primary N) is 2. The van der Waals surface area contributed by atoms with Gasteiger partial charge in [-0.3, -0.25) is 4.79 Å². The van der Waals surface area contributed by atoms with Gasteiger partial charge in [-0.15, -0.1) is 0 Å². The third kappa shape index (κ3) is 5.81. The maximum absolute atomic E-state index is 12.4. The molecular weight excluding hydrogens is 490 g/mol. The van der Waals surface area contributed by atoms with Crippen LogP contribution in [0.1, 0.15) is 22.5 Å². The fourth-order valence-electron chi connectivity index (χ4n) is 2.16. The van der Waals surface area contributed by atoms with Gasteiger partial charge in [0.25, 0.3) is 5.91 Å². The van der Waals surface area contributed by atoms with Gasteiger partial charge in [0, 0.05) is 23.5 Å². The molecule has 27 heavy (non-hydrogen) atoms. The van der Waals surface area contributed by atoms with E-state index in [1.54, 1.807) is 6.07 Å². The largest absolute Gasteiger partial charge is 0.367 e. The van der Waals surface area contributed by atoms with Crippen molar-refractivity contribution in [3.05, 3.63) is 38.5 Å². The molecule has 1 amide bonds. The Morgan fingerprint density at radius 3 is 2.63 bits per heavy atom. The summed E-state index contributed by atoms with van der Waals surface area (Å²) in [4.78, 5) is 19.9. The Morgan fingerprint density at radius 2 is 2.00 bits per heavy atom. The van der Waals surface area contributed by atoms with Gasteiger partial charge < -0.3 is 22.1 Å². The van der Waals surface area contributed by atoms with Gasteiger partial charge in [0.1, 0.15) is 5.82 Å². The molecule has 0 aliphatic rings. The second-order valence-electron chi connectivity index (χ2n) is 5.77. The minimum atomic E-state index is -2.49. The molecule has 1 atom stereocenters. The van der Waals surface area contributed by atoms with E-state index in [2.05, 4.69) is 52.5 Å². The van der Waals surface area contributed by atoms with Crippen LogP contribution in [0.25, 0.3) is 0 Å². The number of carbonyl (C=O) groups excluding carboxylic acids is 1. The average molecular weight is 508 g/mol. The van der Waals surface area contributed by atoms with Gasteiger partial charge in [-0.05, 0) is 50.4 Å². The monoisotopic (exact) mass is 506 g/mol. The number of amides is 1. The minimum Gasteiger partial charge on any atom is -0.367 e. The lowest BCUT2D eigenvalue weighted by Crippen LogP contribution is -2.31. The van der Waals surface area contributed by atoms with Crippen molar-refractivity contribution < 1.29 is 13.6 Å². The van der Waals surface area contributed by atoms with Gasteiger partial charge in [0.2, 0.25) is 6.43 Å². The SMILES string of the molecule is Cc1ccc(Nc2nc(NC[C@@H](N)CC(F)F)cnc2C(N)=O)c(Br)c1Br. The number of carbonyl (C=O) groups is 1. The molecule has 0 radical (unpaired) electrons. The average Bonchev–Trinajstić information content (AvgIpc) is 2.60. The second kappa shape index (κ2) is 9.38. The lowest BCUT2D eigenvalue weighted by Gasteiger charge is -2.15. The summed E-state index contributed by atoms with van der Waals surface area (Å²) in [6, 6.07) is 2.93. The van der Waals surface area contributed by atoms with Crippen molar-refractivity contribution in [2.24, 2.45) is 11.5 Å². The number of alkyl halides is 2. The van der Waals surface area contributed by atoms with Crippen LogP contribution in [0.5, 0.6) is 0 Å². The summed E-state index contributed by atoms with van der Waals surface area (Å²) in [5, 5.41) is 5.84. The smallest absolute Gasteiger partial charge is 0.271 e. The van der Waals surface area contributed by atoms with E-state index in [4.69, 9.17) is 11.5 Å². The predicted molar refractivity (Wildman–Crippen MR) is 107 cm³/mol. The lowest BCUT2D eigenvalue weighted by atomic mass is 10.2. The van der Waals surface area contributed by atoms with Gasteiger partial charge in [0.05, 0.1) is 16.4 Å². The molecule has 2 rings (SSSR count). The van der Waals surface area contributed by atoms with Crippen LogP contribution >= 0.6 is 31.9 Å². The first kappa shape index (κ1) is 21.5. The number of halogens is 4. The van der Waals surface area contributed by atoms with Crippen molar-refractivity contribution in [1.82, 2.24) is 9.97 Å². The number of anilines is 3. The number of hydrogen-bond donors (Lipinski definition) is 4. The highest BCUT2D eigenvalue weighted by atomic mass is 79.9. The molecular formula is C16H18Br2F2N6O. The highest BCUT2D eigenvalue weighted by molar-refractivity contribution is 9.13. The highest BCUT2D eigenvalue weighted by Crippen LogP contribution is 2.35. The topological polar surface area (TPSA) is 119 Å².